The van der Waals surface area contributed by atoms with E-state index in [9.17, 15) is 4.79 Å². The molecule has 0 fully saturated rings. The Labute approximate surface area is 76.9 Å². The Hall–Kier alpha value is -1.52. The van der Waals surface area contributed by atoms with Crippen molar-refractivity contribution in [1.29, 1.82) is 0 Å². The van der Waals surface area contributed by atoms with Crippen molar-refractivity contribution in [2.75, 3.05) is 0 Å². The lowest BCUT2D eigenvalue weighted by Crippen LogP contribution is -2.23. The molecule has 0 heterocycles. The Morgan fingerprint density at radius 1 is 1.54 bits per heavy atom. The molecule has 0 atom stereocenters. The third-order valence-corrected chi connectivity index (χ3v) is 1.31. The van der Waals surface area contributed by atoms with Gasteiger partial charge in [0.2, 0.25) is 5.84 Å². The molecule has 3 N–H and O–H groups in total. The van der Waals surface area contributed by atoms with Crippen LogP contribution in [-0.4, -0.2) is 16.9 Å². The number of nitrogens with two attached hydrogens (primary N) is 1. The van der Waals surface area contributed by atoms with Crippen LogP contribution < -0.4 is 5.73 Å². The van der Waals surface area contributed by atoms with Gasteiger partial charge in [0.25, 0.3) is 0 Å². The van der Waals surface area contributed by atoms with Gasteiger partial charge in [0.1, 0.15) is 5.76 Å². The minimum absolute atomic E-state index is 0.289. The number of amidine groups is 1. The molecule has 0 aromatic heterocycles. The smallest absolute Gasteiger partial charge is 0.374 e. The zero-order valence-corrected chi connectivity index (χ0v) is 8.00. The maximum Gasteiger partial charge on any atom is 0.374 e. The molecule has 0 aliphatic rings. The molecule has 0 saturated heterocycles. The van der Waals surface area contributed by atoms with Crippen LogP contribution >= 0.6 is 0 Å². The Bertz CT molecular complexity index is 251. The fraction of sp³-hybridized carbons (Fsp3) is 0.500. The lowest BCUT2D eigenvalue weighted by Gasteiger charge is -2.18. The lowest BCUT2D eigenvalue weighted by molar-refractivity contribution is -0.129. The van der Waals surface area contributed by atoms with Crippen LogP contribution in [0.4, 0.5) is 0 Å². The third kappa shape index (κ3) is 4.15. The van der Waals surface area contributed by atoms with Gasteiger partial charge < -0.3 is 15.7 Å². The number of hydrogen-bond acceptors (Lipinski definition) is 3. The van der Waals surface area contributed by atoms with Crippen LogP contribution in [-0.2, 0) is 9.63 Å². The number of aliphatic carboxylic acids is 1. The second kappa shape index (κ2) is 3.93. The van der Waals surface area contributed by atoms with Crippen molar-refractivity contribution in [3.05, 3.63) is 12.3 Å². The highest BCUT2D eigenvalue weighted by molar-refractivity contribution is 6.33. The van der Waals surface area contributed by atoms with Crippen LogP contribution in [0.25, 0.3) is 0 Å². The Balaban J connectivity index is 4.26. The van der Waals surface area contributed by atoms with Gasteiger partial charge in [0, 0.05) is 5.41 Å². The van der Waals surface area contributed by atoms with Crippen LogP contribution in [0.1, 0.15) is 20.8 Å². The molecule has 0 aliphatic heterocycles. The predicted molar refractivity (Wildman–Crippen MR) is 48.9 cm³/mol. The summed E-state index contributed by atoms with van der Waals surface area (Å²) in [6.45, 7) is 9.17. The summed E-state index contributed by atoms with van der Waals surface area (Å²) in [6, 6.07) is 0. The molecular weight excluding hydrogens is 172 g/mol. The van der Waals surface area contributed by atoms with Crippen LogP contribution in [0.3, 0.4) is 0 Å². The first-order chi connectivity index (χ1) is 5.75. The van der Waals surface area contributed by atoms with Gasteiger partial charge in [-0.2, -0.15) is 0 Å². The zero-order chi connectivity index (χ0) is 10.6. The minimum Gasteiger partial charge on any atom is -0.475 e. The molecule has 0 aromatic carbocycles. The van der Waals surface area contributed by atoms with Gasteiger partial charge in [-0.1, -0.05) is 32.5 Å². The molecule has 0 bridgehead atoms. The number of oxime groups is 1. The summed E-state index contributed by atoms with van der Waals surface area (Å²) >= 11 is 0. The molecule has 0 rings (SSSR count). The second-order valence-corrected chi connectivity index (χ2v) is 3.55. The van der Waals surface area contributed by atoms with Gasteiger partial charge in [0.15, 0.2) is 0 Å². The van der Waals surface area contributed by atoms with Crippen molar-refractivity contribution in [3.8, 4) is 0 Å². The highest BCUT2D eigenvalue weighted by atomic mass is 16.6. The van der Waals surface area contributed by atoms with Gasteiger partial charge >= 0.3 is 5.97 Å². The molecule has 74 valence electrons. The maximum absolute atomic E-state index is 10.2. The van der Waals surface area contributed by atoms with E-state index in [0.29, 0.717) is 5.76 Å². The van der Waals surface area contributed by atoms with Crippen molar-refractivity contribution in [2.45, 2.75) is 20.8 Å². The number of rotatable bonds is 2. The van der Waals surface area contributed by atoms with E-state index >= 15 is 0 Å². The average molecular weight is 186 g/mol. The molecule has 0 aliphatic carbocycles. The predicted octanol–water partition coefficient (Wildman–Crippen LogP) is 0.920. The van der Waals surface area contributed by atoms with Crippen molar-refractivity contribution in [3.63, 3.8) is 0 Å². The van der Waals surface area contributed by atoms with Crippen LogP contribution in [0, 0.1) is 5.41 Å². The van der Waals surface area contributed by atoms with Gasteiger partial charge in [-0.25, -0.2) is 4.79 Å². The van der Waals surface area contributed by atoms with E-state index in [0.717, 1.165) is 0 Å². The summed E-state index contributed by atoms with van der Waals surface area (Å²) in [5, 5.41) is 11.5. The van der Waals surface area contributed by atoms with E-state index in [1.165, 1.54) is 0 Å². The Morgan fingerprint density at radius 2 is 2.00 bits per heavy atom. The number of nitrogens with zero attached hydrogens (tertiary/aromatic N) is 1. The highest BCUT2D eigenvalue weighted by Crippen LogP contribution is 2.24. The molecule has 0 unspecified atom stereocenters. The third-order valence-electron chi connectivity index (χ3n) is 1.31. The maximum atomic E-state index is 10.2. The van der Waals surface area contributed by atoms with E-state index in [2.05, 4.69) is 11.7 Å². The van der Waals surface area contributed by atoms with E-state index < -0.39 is 11.8 Å². The largest absolute Gasteiger partial charge is 0.475 e. The fourth-order valence-corrected chi connectivity index (χ4v) is 0.280. The highest BCUT2D eigenvalue weighted by Gasteiger charge is 2.17. The van der Waals surface area contributed by atoms with E-state index in [-0.39, 0.29) is 5.41 Å². The van der Waals surface area contributed by atoms with E-state index in [1.807, 2.05) is 20.8 Å². The summed E-state index contributed by atoms with van der Waals surface area (Å²) in [6.07, 6.45) is 0. The normalized spacial score (nSPS) is 12.4. The van der Waals surface area contributed by atoms with Crippen molar-refractivity contribution >= 4 is 11.8 Å². The fourth-order valence-electron chi connectivity index (χ4n) is 0.280. The Morgan fingerprint density at radius 3 is 2.31 bits per heavy atom. The van der Waals surface area contributed by atoms with Crippen LogP contribution in [0.2, 0.25) is 0 Å². The number of carboxylic acids is 1. The minimum atomic E-state index is -1.32. The number of carbonyl (C=O) groups is 1. The molecule has 13 heavy (non-hydrogen) atoms. The first-order valence-electron chi connectivity index (χ1n) is 3.68. The molecule has 0 spiro atoms. The first-order valence-corrected chi connectivity index (χ1v) is 3.68. The molecule has 0 aromatic rings. The molecule has 0 amide bonds. The molecule has 0 saturated carbocycles. The molecule has 5 heteroatoms. The van der Waals surface area contributed by atoms with Gasteiger partial charge in [-0.05, 0) is 0 Å². The topological polar surface area (TPSA) is 84.9 Å². The zero-order valence-electron chi connectivity index (χ0n) is 8.00. The summed E-state index contributed by atoms with van der Waals surface area (Å²) in [7, 11) is 0. The molecule has 0 radical (unpaired) electrons. The van der Waals surface area contributed by atoms with Crippen molar-refractivity contribution < 1.29 is 14.7 Å². The van der Waals surface area contributed by atoms with Crippen molar-refractivity contribution in [2.24, 2.45) is 16.3 Å². The number of hydrogen-bond donors (Lipinski definition) is 2. The summed E-state index contributed by atoms with van der Waals surface area (Å²) < 4.78 is 0. The number of allylic oxidation sites excluding steroid dienone is 1. The number of carboxylic acid groups (broad SMARTS) is 1. The van der Waals surface area contributed by atoms with Gasteiger partial charge in [-0.3, -0.25) is 0 Å². The van der Waals surface area contributed by atoms with Gasteiger partial charge in [-0.15, -0.1) is 0 Å². The van der Waals surface area contributed by atoms with Gasteiger partial charge in [0.05, 0.1) is 0 Å². The summed E-state index contributed by atoms with van der Waals surface area (Å²) in [5.41, 5.74) is 4.70. The Kier molecular flexibility index (Phi) is 3.47. The molecular formula is C8H14N2O3. The molecule has 5 nitrogen and oxygen atoms in total. The first kappa shape index (κ1) is 11.5. The monoisotopic (exact) mass is 186 g/mol. The summed E-state index contributed by atoms with van der Waals surface area (Å²) in [4.78, 5) is 14.9. The van der Waals surface area contributed by atoms with E-state index in [1.54, 1.807) is 0 Å². The van der Waals surface area contributed by atoms with Crippen LogP contribution in [0.5, 0.6) is 0 Å². The standard InChI is InChI=1S/C8H14N2O3/c1-5(8(2,3)4)13-10-6(9)7(11)12/h1H2,2-4H3,(H2,9,10)(H,11,12). The quantitative estimate of drug-likeness (QED) is 0.290. The van der Waals surface area contributed by atoms with Crippen LogP contribution in [0.15, 0.2) is 17.5 Å². The lowest BCUT2D eigenvalue weighted by atomic mass is 9.95. The summed E-state index contributed by atoms with van der Waals surface area (Å²) in [5.74, 6) is -1.55. The average Bonchev–Trinajstić information content (AvgIpc) is 1.97. The van der Waals surface area contributed by atoms with E-state index in [4.69, 9.17) is 15.7 Å². The van der Waals surface area contributed by atoms with Crippen molar-refractivity contribution in [1.82, 2.24) is 0 Å². The SMILES string of the molecule is C=C(O/N=C(\N)C(=O)O)C(C)(C)C. The second-order valence-electron chi connectivity index (χ2n) is 3.55.